The highest BCUT2D eigenvalue weighted by Gasteiger charge is 2.17. The molecule has 0 aliphatic heterocycles. The van der Waals surface area contributed by atoms with Crippen molar-refractivity contribution in [2.45, 2.75) is 26.0 Å². The van der Waals surface area contributed by atoms with Crippen molar-refractivity contribution in [2.24, 2.45) is 0 Å². The van der Waals surface area contributed by atoms with Crippen LogP contribution >= 0.6 is 15.9 Å². The Kier molecular flexibility index (Phi) is 5.15. The second kappa shape index (κ2) is 6.86. The SMILES string of the molecule is CNC(c1cncc(Br)c1)c1ccccc1OC(C)C. The summed E-state index contributed by atoms with van der Waals surface area (Å²) < 4.78 is 6.88. The third-order valence-electron chi connectivity index (χ3n) is 2.94. The van der Waals surface area contributed by atoms with Crippen LogP contribution in [-0.4, -0.2) is 18.1 Å². The standard InChI is InChI=1S/C16H19BrN2O/c1-11(2)20-15-7-5-4-6-14(15)16(18-3)12-8-13(17)10-19-9-12/h4-11,16,18H,1-3H3. The minimum absolute atomic E-state index is 0.0509. The van der Waals surface area contributed by atoms with E-state index < -0.39 is 0 Å². The molecule has 0 bridgehead atoms. The molecule has 2 aromatic rings. The maximum Gasteiger partial charge on any atom is 0.124 e. The molecule has 0 saturated carbocycles. The van der Waals surface area contributed by atoms with Crippen molar-refractivity contribution in [1.29, 1.82) is 0 Å². The first-order valence-electron chi connectivity index (χ1n) is 6.65. The summed E-state index contributed by atoms with van der Waals surface area (Å²) in [5.41, 5.74) is 2.21. The number of pyridine rings is 1. The molecule has 1 unspecified atom stereocenters. The zero-order chi connectivity index (χ0) is 14.5. The molecule has 20 heavy (non-hydrogen) atoms. The molecule has 0 aliphatic rings. The van der Waals surface area contributed by atoms with Gasteiger partial charge in [-0.15, -0.1) is 0 Å². The quantitative estimate of drug-likeness (QED) is 0.899. The molecule has 0 amide bonds. The van der Waals surface area contributed by atoms with E-state index in [9.17, 15) is 0 Å². The summed E-state index contributed by atoms with van der Waals surface area (Å²) >= 11 is 3.47. The Bertz CT molecular complexity index is 572. The van der Waals surface area contributed by atoms with Gasteiger partial charge in [0.2, 0.25) is 0 Å². The number of halogens is 1. The highest BCUT2D eigenvalue weighted by Crippen LogP contribution is 2.31. The van der Waals surface area contributed by atoms with Gasteiger partial charge in [0, 0.05) is 22.4 Å². The van der Waals surface area contributed by atoms with Crippen LogP contribution in [0.2, 0.25) is 0 Å². The molecule has 3 nitrogen and oxygen atoms in total. The number of rotatable bonds is 5. The predicted molar refractivity (Wildman–Crippen MR) is 85.0 cm³/mol. The van der Waals surface area contributed by atoms with Crippen LogP contribution in [0.15, 0.2) is 47.2 Å². The van der Waals surface area contributed by atoms with Crippen LogP contribution in [0.3, 0.4) is 0 Å². The minimum atomic E-state index is 0.0509. The Balaban J connectivity index is 2.41. The molecular weight excluding hydrogens is 316 g/mol. The summed E-state index contributed by atoms with van der Waals surface area (Å²) in [7, 11) is 1.94. The van der Waals surface area contributed by atoms with E-state index in [1.54, 1.807) is 6.20 Å². The number of hydrogen-bond donors (Lipinski definition) is 1. The molecule has 0 fully saturated rings. The molecule has 0 saturated heterocycles. The van der Waals surface area contributed by atoms with E-state index in [0.29, 0.717) is 0 Å². The van der Waals surface area contributed by atoms with Gasteiger partial charge in [-0.1, -0.05) is 18.2 Å². The third-order valence-corrected chi connectivity index (χ3v) is 3.37. The molecule has 4 heteroatoms. The Labute approximate surface area is 128 Å². The van der Waals surface area contributed by atoms with Crippen LogP contribution in [0.1, 0.15) is 31.0 Å². The molecule has 1 aromatic carbocycles. The van der Waals surface area contributed by atoms with Crippen LogP contribution in [0.5, 0.6) is 5.75 Å². The smallest absolute Gasteiger partial charge is 0.124 e. The summed E-state index contributed by atoms with van der Waals surface area (Å²) in [6, 6.07) is 10.2. The maximum atomic E-state index is 5.91. The fraction of sp³-hybridized carbons (Fsp3) is 0.312. The van der Waals surface area contributed by atoms with Gasteiger partial charge in [0.1, 0.15) is 5.75 Å². The summed E-state index contributed by atoms with van der Waals surface area (Å²) in [6.07, 6.45) is 3.81. The number of hydrogen-bond acceptors (Lipinski definition) is 3. The third kappa shape index (κ3) is 3.58. The van der Waals surface area contributed by atoms with Crippen molar-refractivity contribution in [3.05, 3.63) is 58.3 Å². The molecule has 1 atom stereocenters. The number of nitrogens with zero attached hydrogens (tertiary/aromatic N) is 1. The molecule has 106 valence electrons. The van der Waals surface area contributed by atoms with Crippen LogP contribution < -0.4 is 10.1 Å². The lowest BCUT2D eigenvalue weighted by atomic mass is 9.99. The van der Waals surface area contributed by atoms with E-state index in [4.69, 9.17) is 4.74 Å². The van der Waals surface area contributed by atoms with Crippen LogP contribution in [0.25, 0.3) is 0 Å². The van der Waals surface area contributed by atoms with Gasteiger partial charge < -0.3 is 10.1 Å². The molecule has 1 aromatic heterocycles. The average Bonchev–Trinajstić information content (AvgIpc) is 2.41. The lowest BCUT2D eigenvalue weighted by Gasteiger charge is -2.21. The van der Waals surface area contributed by atoms with Crippen molar-refractivity contribution < 1.29 is 4.74 Å². The zero-order valence-corrected chi connectivity index (χ0v) is 13.5. The number of aromatic nitrogens is 1. The second-order valence-electron chi connectivity index (χ2n) is 4.86. The fourth-order valence-electron chi connectivity index (χ4n) is 2.17. The van der Waals surface area contributed by atoms with Crippen molar-refractivity contribution in [3.8, 4) is 5.75 Å². The van der Waals surface area contributed by atoms with Gasteiger partial charge in [0.25, 0.3) is 0 Å². The van der Waals surface area contributed by atoms with Gasteiger partial charge in [0.05, 0.1) is 12.1 Å². The Hall–Kier alpha value is -1.39. The first kappa shape index (κ1) is 15.0. The Morgan fingerprint density at radius 2 is 1.95 bits per heavy atom. The molecule has 0 aliphatic carbocycles. The number of ether oxygens (including phenoxy) is 1. The van der Waals surface area contributed by atoms with Crippen LogP contribution in [0.4, 0.5) is 0 Å². The molecule has 0 radical (unpaired) electrons. The van der Waals surface area contributed by atoms with Gasteiger partial charge in [-0.3, -0.25) is 4.98 Å². The first-order chi connectivity index (χ1) is 9.61. The normalized spacial score (nSPS) is 12.4. The highest BCUT2D eigenvalue weighted by molar-refractivity contribution is 9.10. The van der Waals surface area contributed by atoms with Crippen molar-refractivity contribution in [3.63, 3.8) is 0 Å². The Morgan fingerprint density at radius 3 is 2.60 bits per heavy atom. The van der Waals surface area contributed by atoms with Gasteiger partial charge in [-0.25, -0.2) is 0 Å². The van der Waals surface area contributed by atoms with E-state index in [1.807, 2.05) is 45.3 Å². The van der Waals surface area contributed by atoms with E-state index in [-0.39, 0.29) is 12.1 Å². The van der Waals surface area contributed by atoms with E-state index >= 15 is 0 Å². The molecule has 1 heterocycles. The number of para-hydroxylation sites is 1. The minimum Gasteiger partial charge on any atom is -0.491 e. The maximum absolute atomic E-state index is 5.91. The van der Waals surface area contributed by atoms with Crippen molar-refractivity contribution >= 4 is 15.9 Å². The van der Waals surface area contributed by atoms with Crippen LogP contribution in [-0.2, 0) is 0 Å². The average molecular weight is 335 g/mol. The van der Waals surface area contributed by atoms with Gasteiger partial charge in [0.15, 0.2) is 0 Å². The monoisotopic (exact) mass is 334 g/mol. The first-order valence-corrected chi connectivity index (χ1v) is 7.44. The van der Waals surface area contributed by atoms with Gasteiger partial charge in [-0.2, -0.15) is 0 Å². The summed E-state index contributed by atoms with van der Waals surface area (Å²) in [5, 5.41) is 3.33. The molecular formula is C16H19BrN2O. The van der Waals surface area contributed by atoms with E-state index in [1.165, 1.54) is 0 Å². The second-order valence-corrected chi connectivity index (χ2v) is 5.78. The predicted octanol–water partition coefficient (Wildman–Crippen LogP) is 3.94. The number of nitrogens with one attached hydrogen (secondary N) is 1. The topological polar surface area (TPSA) is 34.2 Å². The molecule has 2 rings (SSSR count). The summed E-state index contributed by atoms with van der Waals surface area (Å²) in [5.74, 6) is 0.904. The summed E-state index contributed by atoms with van der Waals surface area (Å²) in [4.78, 5) is 4.24. The molecule has 1 N–H and O–H groups in total. The molecule has 0 spiro atoms. The van der Waals surface area contributed by atoms with E-state index in [2.05, 4.69) is 38.4 Å². The highest BCUT2D eigenvalue weighted by atomic mass is 79.9. The zero-order valence-electron chi connectivity index (χ0n) is 11.9. The van der Waals surface area contributed by atoms with E-state index in [0.717, 1.165) is 21.3 Å². The van der Waals surface area contributed by atoms with Crippen molar-refractivity contribution in [2.75, 3.05) is 7.05 Å². The van der Waals surface area contributed by atoms with Gasteiger partial charge >= 0.3 is 0 Å². The lowest BCUT2D eigenvalue weighted by Crippen LogP contribution is -2.19. The fourth-order valence-corrected chi connectivity index (χ4v) is 2.55. The summed E-state index contributed by atoms with van der Waals surface area (Å²) in [6.45, 7) is 4.07. The largest absolute Gasteiger partial charge is 0.491 e. The number of benzene rings is 1. The van der Waals surface area contributed by atoms with Crippen LogP contribution in [0, 0.1) is 0 Å². The van der Waals surface area contributed by atoms with Gasteiger partial charge in [-0.05, 0) is 54.5 Å². The Morgan fingerprint density at radius 1 is 1.20 bits per heavy atom. The van der Waals surface area contributed by atoms with Crippen molar-refractivity contribution in [1.82, 2.24) is 10.3 Å². The lowest BCUT2D eigenvalue weighted by molar-refractivity contribution is 0.238.